The van der Waals surface area contributed by atoms with E-state index in [-0.39, 0.29) is 23.3 Å². The van der Waals surface area contributed by atoms with Gasteiger partial charge in [0.15, 0.2) is 0 Å². The quantitative estimate of drug-likeness (QED) is 0.600. The number of amides is 2. The van der Waals surface area contributed by atoms with E-state index in [4.69, 9.17) is 0 Å². The maximum Gasteiger partial charge on any atom is 0.244 e. The summed E-state index contributed by atoms with van der Waals surface area (Å²) >= 11 is 0. The van der Waals surface area contributed by atoms with Crippen molar-refractivity contribution in [2.45, 2.75) is 12.1 Å². The van der Waals surface area contributed by atoms with E-state index < -0.39 is 33.7 Å². The molecule has 0 aromatic rings. The van der Waals surface area contributed by atoms with Crippen LogP contribution in [0.15, 0.2) is 0 Å². The van der Waals surface area contributed by atoms with E-state index in [1.165, 1.54) is 12.5 Å². The Morgan fingerprint density at radius 2 is 1.25 bits per heavy atom. The van der Waals surface area contributed by atoms with Crippen molar-refractivity contribution in [1.29, 1.82) is 0 Å². The lowest BCUT2D eigenvalue weighted by atomic mass is 10.2. The fourth-order valence-electron chi connectivity index (χ4n) is 1.38. The van der Waals surface area contributed by atoms with Gasteiger partial charge in [0.25, 0.3) is 0 Å². The number of carbonyl (C=O) groups excluding carboxylic acids is 2. The van der Waals surface area contributed by atoms with Gasteiger partial charge in [-0.3, -0.25) is 18.0 Å². The van der Waals surface area contributed by atoms with Crippen LogP contribution in [0.2, 0.25) is 0 Å². The first kappa shape index (κ1) is 13.3. The van der Waals surface area contributed by atoms with Gasteiger partial charge in [-0.25, -0.2) is 0 Å². The summed E-state index contributed by atoms with van der Waals surface area (Å²) in [6, 6.07) is -1.50. The predicted octanol–water partition coefficient (Wildman–Crippen LogP) is -2.27. The smallest absolute Gasteiger partial charge is 0.244 e. The molecule has 4 atom stereocenters. The third-order valence-electron chi connectivity index (χ3n) is 2.07. The molecule has 2 N–H and O–H groups in total. The van der Waals surface area contributed by atoms with Crippen LogP contribution in [0.1, 0.15) is 0 Å². The first-order chi connectivity index (χ1) is 7.40. The molecule has 4 unspecified atom stereocenters. The molecule has 16 heavy (non-hydrogen) atoms. The molecule has 0 radical (unpaired) electrons. The van der Waals surface area contributed by atoms with E-state index in [1.807, 2.05) is 0 Å². The van der Waals surface area contributed by atoms with Crippen molar-refractivity contribution in [2.75, 3.05) is 24.0 Å². The topological polar surface area (TPSA) is 92.3 Å². The number of piperazine rings is 1. The van der Waals surface area contributed by atoms with Crippen molar-refractivity contribution >= 4 is 33.4 Å². The maximum atomic E-state index is 11.5. The lowest BCUT2D eigenvalue weighted by Crippen LogP contribution is -2.64. The van der Waals surface area contributed by atoms with Crippen LogP contribution in [0.4, 0.5) is 0 Å². The lowest BCUT2D eigenvalue weighted by molar-refractivity contribution is -0.135. The third kappa shape index (κ3) is 3.67. The zero-order chi connectivity index (χ0) is 12.3. The second kappa shape index (κ2) is 5.53. The largest absolute Gasteiger partial charge is 0.342 e. The van der Waals surface area contributed by atoms with Gasteiger partial charge in [-0.15, -0.1) is 0 Å². The van der Waals surface area contributed by atoms with Crippen LogP contribution in [0.3, 0.4) is 0 Å². The molecule has 0 aromatic carbocycles. The van der Waals surface area contributed by atoms with Crippen LogP contribution in [0, 0.1) is 0 Å². The minimum absolute atomic E-state index is 0.0967. The molecule has 1 aliphatic rings. The van der Waals surface area contributed by atoms with Crippen molar-refractivity contribution in [1.82, 2.24) is 10.6 Å². The number of rotatable bonds is 4. The highest BCUT2D eigenvalue weighted by Crippen LogP contribution is 2.00. The Balaban J connectivity index is 2.63. The summed E-state index contributed by atoms with van der Waals surface area (Å²) in [6.45, 7) is 0. The summed E-state index contributed by atoms with van der Waals surface area (Å²) in [4.78, 5) is 23.0. The van der Waals surface area contributed by atoms with E-state index in [0.29, 0.717) is 0 Å². The van der Waals surface area contributed by atoms with Crippen molar-refractivity contribution in [2.24, 2.45) is 0 Å². The number of hydrogen-bond acceptors (Lipinski definition) is 4. The maximum absolute atomic E-state index is 11.5. The lowest BCUT2D eigenvalue weighted by Gasteiger charge is -2.28. The van der Waals surface area contributed by atoms with E-state index in [0.717, 1.165) is 0 Å². The molecule has 0 aromatic heterocycles. The van der Waals surface area contributed by atoms with Crippen LogP contribution in [-0.2, 0) is 31.2 Å². The number of nitrogens with one attached hydrogen (secondary N) is 2. The molecular weight excluding hydrogens is 252 g/mol. The second-order valence-corrected chi connectivity index (χ2v) is 6.56. The Morgan fingerprint density at radius 1 is 0.938 bits per heavy atom. The zero-order valence-corrected chi connectivity index (χ0v) is 10.7. The van der Waals surface area contributed by atoms with Crippen molar-refractivity contribution in [3.8, 4) is 0 Å². The zero-order valence-electron chi connectivity index (χ0n) is 9.02. The summed E-state index contributed by atoms with van der Waals surface area (Å²) < 4.78 is 21.9. The molecule has 0 spiro atoms. The highest BCUT2D eigenvalue weighted by Gasteiger charge is 2.34. The Labute approximate surface area is 98.5 Å². The number of carbonyl (C=O) groups is 2. The summed E-state index contributed by atoms with van der Waals surface area (Å²) in [5, 5.41) is 4.95. The number of hydrogen-bond donors (Lipinski definition) is 2. The second-order valence-electron chi connectivity index (χ2n) is 3.60. The Kier molecular flexibility index (Phi) is 4.60. The average Bonchev–Trinajstić information content (AvgIpc) is 2.11. The molecule has 1 rings (SSSR count). The highest BCUT2D eigenvalue weighted by molar-refractivity contribution is 7.84. The van der Waals surface area contributed by atoms with Gasteiger partial charge in [-0.05, 0) is 0 Å². The highest BCUT2D eigenvalue weighted by atomic mass is 32.2. The Bertz CT molecular complexity index is 324. The summed E-state index contributed by atoms with van der Waals surface area (Å²) in [5.74, 6) is -0.547. The molecule has 2 amide bonds. The van der Waals surface area contributed by atoms with Gasteiger partial charge in [-0.1, -0.05) is 0 Å². The molecule has 0 saturated carbocycles. The fourth-order valence-corrected chi connectivity index (χ4v) is 2.79. The summed E-state index contributed by atoms with van der Waals surface area (Å²) in [5.41, 5.74) is 0. The van der Waals surface area contributed by atoms with Crippen molar-refractivity contribution in [3.63, 3.8) is 0 Å². The fraction of sp³-hybridized carbons (Fsp3) is 0.750. The third-order valence-corrected chi connectivity index (χ3v) is 3.67. The van der Waals surface area contributed by atoms with Gasteiger partial charge in [0, 0.05) is 34.1 Å². The van der Waals surface area contributed by atoms with Gasteiger partial charge in [0.05, 0.1) is 11.5 Å². The van der Waals surface area contributed by atoms with Crippen LogP contribution in [-0.4, -0.2) is 56.3 Å². The van der Waals surface area contributed by atoms with E-state index in [1.54, 1.807) is 0 Å². The standard InChI is InChI=1S/C8H14N2O4S2/c1-15(13)3-5-7(11)10-6(4-16(2)14)8(12)9-5/h5-6H,3-4H2,1-2H3,(H,9,12)(H,10,11). The van der Waals surface area contributed by atoms with Crippen LogP contribution in [0.5, 0.6) is 0 Å². The minimum Gasteiger partial charge on any atom is -0.342 e. The van der Waals surface area contributed by atoms with Gasteiger partial charge in [0.2, 0.25) is 11.8 Å². The Morgan fingerprint density at radius 3 is 1.50 bits per heavy atom. The van der Waals surface area contributed by atoms with Gasteiger partial charge in [-0.2, -0.15) is 0 Å². The molecule has 92 valence electrons. The molecule has 6 nitrogen and oxygen atoms in total. The normalized spacial score (nSPS) is 29.1. The predicted molar refractivity (Wildman–Crippen MR) is 61.7 cm³/mol. The molecule has 0 bridgehead atoms. The van der Waals surface area contributed by atoms with E-state index in [2.05, 4.69) is 10.6 Å². The molecule has 1 heterocycles. The van der Waals surface area contributed by atoms with Crippen molar-refractivity contribution < 1.29 is 18.0 Å². The van der Waals surface area contributed by atoms with Crippen LogP contribution < -0.4 is 10.6 Å². The summed E-state index contributed by atoms with van der Waals surface area (Å²) in [6.07, 6.45) is 2.93. The summed E-state index contributed by atoms with van der Waals surface area (Å²) in [7, 11) is -2.31. The van der Waals surface area contributed by atoms with Gasteiger partial charge >= 0.3 is 0 Å². The van der Waals surface area contributed by atoms with Gasteiger partial charge < -0.3 is 10.6 Å². The van der Waals surface area contributed by atoms with Crippen LogP contribution >= 0.6 is 0 Å². The minimum atomic E-state index is -1.16. The molecule has 8 heteroatoms. The van der Waals surface area contributed by atoms with Gasteiger partial charge in [0.1, 0.15) is 12.1 Å². The van der Waals surface area contributed by atoms with E-state index >= 15 is 0 Å². The first-order valence-corrected chi connectivity index (χ1v) is 8.06. The SMILES string of the molecule is CS(=O)CC1NC(=O)C(CS(C)=O)NC1=O. The first-order valence-electron chi connectivity index (χ1n) is 4.61. The van der Waals surface area contributed by atoms with E-state index in [9.17, 15) is 18.0 Å². The molecular formula is C8H14N2O4S2. The molecule has 0 aliphatic carbocycles. The van der Waals surface area contributed by atoms with Crippen LogP contribution in [0.25, 0.3) is 0 Å². The molecule has 1 fully saturated rings. The molecule has 1 saturated heterocycles. The Hall–Kier alpha value is -0.760. The monoisotopic (exact) mass is 266 g/mol. The van der Waals surface area contributed by atoms with Crippen molar-refractivity contribution in [3.05, 3.63) is 0 Å². The molecule has 1 aliphatic heterocycles. The average molecular weight is 266 g/mol.